The van der Waals surface area contributed by atoms with Crippen LogP contribution in [0.15, 0.2) is 12.3 Å². The van der Waals surface area contributed by atoms with E-state index in [2.05, 4.69) is 9.64 Å². The molecule has 12 heavy (non-hydrogen) atoms. The van der Waals surface area contributed by atoms with Crippen LogP contribution in [0.3, 0.4) is 0 Å². The maximum atomic E-state index is 8.47. The number of aromatic nitrogens is 1. The maximum absolute atomic E-state index is 8.47. The number of pyridine rings is 1. The first kappa shape index (κ1) is 9.31. The molecule has 6 heteroatoms. The highest BCUT2D eigenvalue weighted by Gasteiger charge is 2.14. The Kier molecular flexibility index (Phi) is 2.91. The highest BCUT2D eigenvalue weighted by molar-refractivity contribution is 6.35. The van der Waals surface area contributed by atoms with Crippen LogP contribution in [0.25, 0.3) is 0 Å². The third-order valence-corrected chi connectivity index (χ3v) is 1.46. The molecule has 0 fully saturated rings. The van der Waals surface area contributed by atoms with Gasteiger partial charge in [0.2, 0.25) is 0 Å². The van der Waals surface area contributed by atoms with Gasteiger partial charge in [-0.1, -0.05) is 11.6 Å². The lowest BCUT2D eigenvalue weighted by atomic mass is 10.2. The van der Waals surface area contributed by atoms with Gasteiger partial charge in [-0.3, -0.25) is 0 Å². The molecule has 64 valence electrons. The fourth-order valence-corrected chi connectivity index (χ4v) is 0.870. The Morgan fingerprint density at radius 3 is 2.83 bits per heavy atom. The normalized spacial score (nSPS) is 9.67. The van der Waals surface area contributed by atoms with E-state index < -0.39 is 7.32 Å². The van der Waals surface area contributed by atoms with E-state index in [0.717, 1.165) is 5.56 Å². The number of halogens is 1. The zero-order chi connectivity index (χ0) is 9.14. The highest BCUT2D eigenvalue weighted by atomic mass is 35.5. The summed E-state index contributed by atoms with van der Waals surface area (Å²) in [6, 6.07) is 1.56. The standard InChI is InChI=1S/C6H7BClNO3/c1-4-2-5(12-7(10)11)6(8)9-3-4/h2-3,10-11H,1H3. The first-order valence-corrected chi connectivity index (χ1v) is 3.62. The molecule has 4 nitrogen and oxygen atoms in total. The smallest absolute Gasteiger partial charge is 0.509 e. The molecule has 1 heterocycles. The predicted molar refractivity (Wildman–Crippen MR) is 44.8 cm³/mol. The van der Waals surface area contributed by atoms with E-state index in [4.69, 9.17) is 21.6 Å². The van der Waals surface area contributed by atoms with Crippen molar-refractivity contribution in [2.24, 2.45) is 0 Å². The minimum absolute atomic E-state index is 0.105. The lowest BCUT2D eigenvalue weighted by Crippen LogP contribution is -2.20. The molecular formula is C6H7BClNO3. The van der Waals surface area contributed by atoms with Crippen LogP contribution in [0.5, 0.6) is 5.75 Å². The molecule has 1 rings (SSSR count). The average molecular weight is 187 g/mol. The van der Waals surface area contributed by atoms with Gasteiger partial charge in [-0.2, -0.15) is 0 Å². The van der Waals surface area contributed by atoms with Crippen LogP contribution in [0.2, 0.25) is 5.15 Å². The largest absolute Gasteiger partial charge is 0.707 e. The zero-order valence-corrected chi connectivity index (χ0v) is 7.12. The summed E-state index contributed by atoms with van der Waals surface area (Å²) in [4.78, 5) is 3.75. The second-order valence-electron chi connectivity index (χ2n) is 2.25. The molecule has 0 amide bonds. The van der Waals surface area contributed by atoms with E-state index in [1.165, 1.54) is 0 Å². The van der Waals surface area contributed by atoms with Gasteiger partial charge in [0.25, 0.3) is 0 Å². The van der Waals surface area contributed by atoms with Crippen molar-refractivity contribution in [3.05, 3.63) is 23.0 Å². The highest BCUT2D eigenvalue weighted by Crippen LogP contribution is 2.22. The number of hydrogen-bond acceptors (Lipinski definition) is 4. The van der Waals surface area contributed by atoms with Gasteiger partial charge in [-0.25, -0.2) is 4.98 Å². The molecule has 0 aliphatic carbocycles. The van der Waals surface area contributed by atoms with Gasteiger partial charge in [0.15, 0.2) is 5.15 Å². The topological polar surface area (TPSA) is 62.6 Å². The Hall–Kier alpha value is -0.775. The molecule has 0 unspecified atom stereocenters. The average Bonchev–Trinajstić information content (AvgIpc) is 1.96. The first-order chi connectivity index (χ1) is 5.59. The minimum atomic E-state index is -1.87. The van der Waals surface area contributed by atoms with Crippen LogP contribution < -0.4 is 4.65 Å². The molecule has 0 saturated carbocycles. The van der Waals surface area contributed by atoms with Crippen molar-refractivity contribution < 1.29 is 14.7 Å². The van der Waals surface area contributed by atoms with Crippen molar-refractivity contribution in [1.29, 1.82) is 0 Å². The molecule has 0 spiro atoms. The Morgan fingerprint density at radius 1 is 1.58 bits per heavy atom. The summed E-state index contributed by atoms with van der Waals surface area (Å²) in [6.45, 7) is 1.79. The molecule has 0 bridgehead atoms. The lowest BCUT2D eigenvalue weighted by Gasteiger charge is -2.05. The van der Waals surface area contributed by atoms with Crippen LogP contribution in [0.1, 0.15) is 5.56 Å². The minimum Gasteiger partial charge on any atom is -0.509 e. The summed E-state index contributed by atoms with van der Waals surface area (Å²) in [5, 5.41) is 17.0. The quantitative estimate of drug-likeness (QED) is 0.519. The maximum Gasteiger partial charge on any atom is 0.707 e. The van der Waals surface area contributed by atoms with E-state index in [1.807, 2.05) is 0 Å². The lowest BCUT2D eigenvalue weighted by molar-refractivity contribution is 0.287. The number of rotatable bonds is 2. The molecule has 0 aromatic carbocycles. The van der Waals surface area contributed by atoms with Gasteiger partial charge in [-0.15, -0.1) is 0 Å². The van der Waals surface area contributed by atoms with E-state index in [-0.39, 0.29) is 10.9 Å². The fraction of sp³-hybridized carbons (Fsp3) is 0.167. The Balaban J connectivity index is 2.90. The molecule has 1 aromatic heterocycles. The molecule has 0 aliphatic rings. The predicted octanol–water partition coefficient (Wildman–Crippen LogP) is 0.392. The number of hydrogen-bond donors (Lipinski definition) is 2. The van der Waals surface area contributed by atoms with Crippen molar-refractivity contribution >= 4 is 18.9 Å². The summed E-state index contributed by atoms with van der Waals surface area (Å²) >= 11 is 5.58. The van der Waals surface area contributed by atoms with Gasteiger partial charge < -0.3 is 14.7 Å². The van der Waals surface area contributed by atoms with Gasteiger partial charge in [0, 0.05) is 6.20 Å². The van der Waals surface area contributed by atoms with E-state index in [9.17, 15) is 0 Å². The summed E-state index contributed by atoms with van der Waals surface area (Å²) in [7, 11) is -1.87. The van der Waals surface area contributed by atoms with Crippen molar-refractivity contribution in [3.63, 3.8) is 0 Å². The molecule has 0 atom stereocenters. The van der Waals surface area contributed by atoms with Crippen LogP contribution >= 0.6 is 11.6 Å². The summed E-state index contributed by atoms with van der Waals surface area (Å²) in [5.74, 6) is 0.159. The first-order valence-electron chi connectivity index (χ1n) is 3.24. The van der Waals surface area contributed by atoms with Crippen molar-refractivity contribution in [1.82, 2.24) is 4.98 Å². The van der Waals surface area contributed by atoms with Crippen molar-refractivity contribution in [2.75, 3.05) is 0 Å². The summed E-state index contributed by atoms with van der Waals surface area (Å²) in [6.07, 6.45) is 1.55. The fourth-order valence-electron chi connectivity index (χ4n) is 0.722. The van der Waals surface area contributed by atoms with Crippen LogP contribution in [0, 0.1) is 6.92 Å². The van der Waals surface area contributed by atoms with Crippen molar-refractivity contribution in [3.8, 4) is 5.75 Å². The molecule has 1 aromatic rings. The van der Waals surface area contributed by atoms with Gasteiger partial charge in [-0.05, 0) is 18.6 Å². The Morgan fingerprint density at radius 2 is 2.25 bits per heavy atom. The molecule has 0 saturated heterocycles. The number of nitrogens with zero attached hydrogens (tertiary/aromatic N) is 1. The second-order valence-corrected chi connectivity index (χ2v) is 2.60. The zero-order valence-electron chi connectivity index (χ0n) is 6.36. The van der Waals surface area contributed by atoms with Crippen LogP contribution in [-0.2, 0) is 0 Å². The van der Waals surface area contributed by atoms with Gasteiger partial charge >= 0.3 is 7.32 Å². The van der Waals surface area contributed by atoms with Gasteiger partial charge in [0.1, 0.15) is 5.75 Å². The third-order valence-electron chi connectivity index (χ3n) is 1.18. The van der Waals surface area contributed by atoms with Crippen LogP contribution in [-0.4, -0.2) is 22.4 Å². The SMILES string of the molecule is Cc1cnc(Cl)c(OB(O)O)c1. The Bertz CT molecular complexity index is 281. The molecule has 0 radical (unpaired) electrons. The number of aryl methyl sites for hydroxylation is 1. The second kappa shape index (κ2) is 3.75. The van der Waals surface area contributed by atoms with E-state index >= 15 is 0 Å². The molecular weight excluding hydrogens is 180 g/mol. The van der Waals surface area contributed by atoms with E-state index in [0.29, 0.717) is 0 Å². The molecule has 0 aliphatic heterocycles. The van der Waals surface area contributed by atoms with E-state index in [1.54, 1.807) is 19.2 Å². The molecule has 2 N–H and O–H groups in total. The summed E-state index contributed by atoms with van der Waals surface area (Å²) < 4.78 is 4.54. The third kappa shape index (κ3) is 2.37. The van der Waals surface area contributed by atoms with Crippen molar-refractivity contribution in [2.45, 2.75) is 6.92 Å². The van der Waals surface area contributed by atoms with Gasteiger partial charge in [0.05, 0.1) is 0 Å². The van der Waals surface area contributed by atoms with Crippen LogP contribution in [0.4, 0.5) is 0 Å². The Labute approximate surface area is 74.9 Å². The monoisotopic (exact) mass is 187 g/mol. The summed E-state index contributed by atoms with van der Waals surface area (Å²) in [5.41, 5.74) is 0.829.